The van der Waals surface area contributed by atoms with Gasteiger partial charge < -0.3 is 9.47 Å². The molecule has 1 aliphatic rings. The van der Waals surface area contributed by atoms with Crippen molar-refractivity contribution in [2.75, 3.05) is 18.5 Å². The van der Waals surface area contributed by atoms with Crippen molar-refractivity contribution < 1.29 is 14.3 Å². The van der Waals surface area contributed by atoms with Crippen molar-refractivity contribution in [3.63, 3.8) is 0 Å². The van der Waals surface area contributed by atoms with E-state index in [4.69, 9.17) is 21.1 Å². The molecular formula is C25H22BrClN2O4S. The topological polar surface area (TPSA) is 69.9 Å². The normalized spacial score (nSPS) is 15.6. The van der Waals surface area contributed by atoms with Gasteiger partial charge in [0.1, 0.15) is 5.75 Å². The van der Waals surface area contributed by atoms with Crippen molar-refractivity contribution in [2.45, 2.75) is 19.9 Å². The molecule has 34 heavy (non-hydrogen) atoms. The number of hydrogen-bond donors (Lipinski definition) is 0. The average Bonchev–Trinajstić information content (AvgIpc) is 3.12. The third-order valence-corrected chi connectivity index (χ3v) is 6.80. The highest BCUT2D eigenvalue weighted by Gasteiger charge is 2.33. The van der Waals surface area contributed by atoms with Gasteiger partial charge in [0.2, 0.25) is 0 Å². The maximum atomic E-state index is 13.7. The maximum Gasteiger partial charge on any atom is 0.338 e. The first kappa shape index (κ1) is 24.4. The molecule has 0 bridgehead atoms. The van der Waals surface area contributed by atoms with Crippen molar-refractivity contribution in [3.05, 3.63) is 95.6 Å². The number of hydrogen-bond acceptors (Lipinski definition) is 6. The van der Waals surface area contributed by atoms with Gasteiger partial charge in [0.05, 0.1) is 35.1 Å². The Morgan fingerprint density at radius 1 is 1.24 bits per heavy atom. The molecule has 1 atom stereocenters. The first-order valence-corrected chi connectivity index (χ1v) is 13.0. The Bertz CT molecular complexity index is 1430. The van der Waals surface area contributed by atoms with E-state index >= 15 is 0 Å². The molecular weight excluding hydrogens is 540 g/mol. The van der Waals surface area contributed by atoms with E-state index in [9.17, 15) is 9.59 Å². The molecule has 0 radical (unpaired) electrons. The molecule has 0 fully saturated rings. The van der Waals surface area contributed by atoms with Crippen LogP contribution >= 0.6 is 38.9 Å². The Balaban J connectivity index is 1.92. The minimum absolute atomic E-state index is 0.221. The second-order valence-electron chi connectivity index (χ2n) is 7.43. The maximum absolute atomic E-state index is 13.7. The fraction of sp³-hybridized carbons (Fsp3) is 0.240. The van der Waals surface area contributed by atoms with Crippen LogP contribution in [0, 0.1) is 0 Å². The number of ether oxygens (including phenoxy) is 2. The standard InChI is InChI=1S/C25H22BrClN2O4S/c1-3-32-24(31)21-15(2)28-25-29(22(21)16-8-10-18(27)11-9-16)23(30)20(34-25)14-17-6-4-5-7-19(17)33-13-12-26/h4-11,14,22H,3,12-13H2,1-2H3. The third kappa shape index (κ3) is 4.89. The first-order chi connectivity index (χ1) is 16.4. The van der Waals surface area contributed by atoms with E-state index in [-0.39, 0.29) is 12.2 Å². The number of thiazole rings is 1. The Morgan fingerprint density at radius 2 is 1.97 bits per heavy atom. The van der Waals surface area contributed by atoms with E-state index in [0.717, 1.165) is 11.1 Å². The largest absolute Gasteiger partial charge is 0.492 e. The molecule has 1 aliphatic heterocycles. The predicted octanol–water partition coefficient (Wildman–Crippen LogP) is 4.23. The fourth-order valence-corrected chi connectivity index (χ4v) is 5.10. The molecule has 0 saturated carbocycles. The van der Waals surface area contributed by atoms with Gasteiger partial charge in [0.15, 0.2) is 4.80 Å². The van der Waals surface area contributed by atoms with Crippen molar-refractivity contribution in [1.82, 2.24) is 4.57 Å². The second kappa shape index (κ2) is 10.7. The van der Waals surface area contributed by atoms with E-state index in [0.29, 0.717) is 43.3 Å². The van der Waals surface area contributed by atoms with E-state index in [1.165, 1.54) is 11.3 Å². The zero-order valence-corrected chi connectivity index (χ0v) is 21.7. The molecule has 9 heteroatoms. The molecule has 6 nitrogen and oxygen atoms in total. The predicted molar refractivity (Wildman–Crippen MR) is 138 cm³/mol. The lowest BCUT2D eigenvalue weighted by Gasteiger charge is -2.24. The summed E-state index contributed by atoms with van der Waals surface area (Å²) in [4.78, 5) is 31.7. The molecule has 0 aliphatic carbocycles. The van der Waals surface area contributed by atoms with Crippen molar-refractivity contribution in [3.8, 4) is 5.75 Å². The summed E-state index contributed by atoms with van der Waals surface area (Å²) in [7, 11) is 0. The number of aromatic nitrogens is 1. The first-order valence-electron chi connectivity index (χ1n) is 10.7. The Kier molecular flexibility index (Phi) is 7.70. The van der Waals surface area contributed by atoms with Crippen molar-refractivity contribution in [2.24, 2.45) is 4.99 Å². The van der Waals surface area contributed by atoms with E-state index in [1.54, 1.807) is 36.6 Å². The van der Waals surface area contributed by atoms with Crippen LogP contribution in [0.15, 0.2) is 69.6 Å². The van der Waals surface area contributed by atoms with Gasteiger partial charge in [-0.1, -0.05) is 69.2 Å². The lowest BCUT2D eigenvalue weighted by atomic mass is 9.96. The molecule has 176 valence electrons. The molecule has 0 saturated heterocycles. The molecule has 0 spiro atoms. The van der Waals surface area contributed by atoms with Crippen LogP contribution in [0.4, 0.5) is 0 Å². The van der Waals surface area contributed by atoms with Crippen LogP contribution in [-0.4, -0.2) is 29.1 Å². The van der Waals surface area contributed by atoms with Gasteiger partial charge in [0, 0.05) is 15.9 Å². The third-order valence-electron chi connectivity index (χ3n) is 5.24. The summed E-state index contributed by atoms with van der Waals surface area (Å²) in [5.74, 6) is 0.192. The number of allylic oxidation sites excluding steroid dienone is 1. The van der Waals surface area contributed by atoms with Crippen LogP contribution in [0.1, 0.15) is 31.0 Å². The lowest BCUT2D eigenvalue weighted by molar-refractivity contribution is -0.139. The van der Waals surface area contributed by atoms with Crippen LogP contribution in [0.3, 0.4) is 0 Å². The van der Waals surface area contributed by atoms with Crippen LogP contribution in [0.5, 0.6) is 5.75 Å². The van der Waals surface area contributed by atoms with Crippen molar-refractivity contribution >= 4 is 50.9 Å². The summed E-state index contributed by atoms with van der Waals surface area (Å²) in [5, 5.41) is 1.26. The Hall–Kier alpha value is -2.68. The highest BCUT2D eigenvalue weighted by Crippen LogP contribution is 2.31. The number of fused-ring (bicyclic) bond motifs is 1. The number of carbonyl (C=O) groups is 1. The number of carbonyl (C=O) groups excluding carboxylic acids is 1. The minimum atomic E-state index is -0.672. The Labute approximate surface area is 213 Å². The lowest BCUT2D eigenvalue weighted by Crippen LogP contribution is -2.39. The zero-order valence-electron chi connectivity index (χ0n) is 18.6. The molecule has 4 rings (SSSR count). The molecule has 1 aromatic heterocycles. The number of para-hydroxylation sites is 1. The average molecular weight is 562 g/mol. The van der Waals surface area contributed by atoms with Gasteiger partial charge in [0.25, 0.3) is 5.56 Å². The summed E-state index contributed by atoms with van der Waals surface area (Å²) >= 11 is 10.7. The number of rotatable bonds is 7. The smallest absolute Gasteiger partial charge is 0.338 e. The van der Waals surface area contributed by atoms with Crippen LogP contribution in [-0.2, 0) is 9.53 Å². The number of halogens is 2. The van der Waals surface area contributed by atoms with Gasteiger partial charge in [-0.25, -0.2) is 9.79 Å². The van der Waals surface area contributed by atoms with Gasteiger partial charge in [-0.3, -0.25) is 9.36 Å². The number of benzene rings is 2. The fourth-order valence-electron chi connectivity index (χ4n) is 3.77. The van der Waals surface area contributed by atoms with Crippen LogP contribution in [0.2, 0.25) is 5.02 Å². The number of alkyl halides is 1. The number of nitrogens with zero attached hydrogens (tertiary/aromatic N) is 2. The highest BCUT2D eigenvalue weighted by atomic mass is 79.9. The van der Waals surface area contributed by atoms with E-state index in [2.05, 4.69) is 20.9 Å². The van der Waals surface area contributed by atoms with E-state index in [1.807, 2.05) is 36.4 Å². The molecule has 2 heterocycles. The summed E-state index contributed by atoms with van der Waals surface area (Å²) in [5.41, 5.74) is 2.15. The molecule has 0 N–H and O–H groups in total. The zero-order chi connectivity index (χ0) is 24.2. The van der Waals surface area contributed by atoms with Crippen LogP contribution in [0.25, 0.3) is 6.08 Å². The van der Waals surface area contributed by atoms with E-state index < -0.39 is 12.0 Å². The summed E-state index contributed by atoms with van der Waals surface area (Å²) < 4.78 is 13.2. The summed E-state index contributed by atoms with van der Waals surface area (Å²) in [6.07, 6.45) is 1.80. The molecule has 0 amide bonds. The van der Waals surface area contributed by atoms with Gasteiger partial charge >= 0.3 is 5.97 Å². The minimum Gasteiger partial charge on any atom is -0.492 e. The SMILES string of the molecule is CCOC(=O)C1=C(C)N=c2sc(=Cc3ccccc3OCCBr)c(=O)n2C1c1ccc(Cl)cc1. The highest BCUT2D eigenvalue weighted by molar-refractivity contribution is 9.09. The van der Waals surface area contributed by atoms with Gasteiger partial charge in [-0.05, 0) is 43.7 Å². The monoisotopic (exact) mass is 560 g/mol. The summed E-state index contributed by atoms with van der Waals surface area (Å²) in [6, 6.07) is 14.0. The Morgan fingerprint density at radius 3 is 2.68 bits per heavy atom. The number of esters is 1. The van der Waals surface area contributed by atoms with Gasteiger partial charge in [-0.15, -0.1) is 0 Å². The second-order valence-corrected chi connectivity index (χ2v) is 9.67. The quantitative estimate of drug-likeness (QED) is 0.320. The van der Waals surface area contributed by atoms with Crippen molar-refractivity contribution in [1.29, 1.82) is 0 Å². The van der Waals surface area contributed by atoms with Crippen LogP contribution < -0.4 is 19.6 Å². The molecule has 2 aromatic carbocycles. The molecule has 3 aromatic rings. The summed E-state index contributed by atoms with van der Waals surface area (Å²) in [6.45, 7) is 4.23. The van der Waals surface area contributed by atoms with Gasteiger partial charge in [-0.2, -0.15) is 0 Å². The molecule has 1 unspecified atom stereocenters.